The van der Waals surface area contributed by atoms with E-state index in [2.05, 4.69) is 4.98 Å². The average molecular weight is 266 g/mol. The second kappa shape index (κ2) is 3.98. The van der Waals surface area contributed by atoms with E-state index in [-0.39, 0.29) is 23.0 Å². The van der Waals surface area contributed by atoms with E-state index >= 15 is 0 Å². The van der Waals surface area contributed by atoms with Crippen LogP contribution in [0.4, 0.5) is 0 Å². The summed E-state index contributed by atoms with van der Waals surface area (Å²) in [6, 6.07) is 4.99. The van der Waals surface area contributed by atoms with Gasteiger partial charge in [-0.2, -0.15) is 0 Å². The van der Waals surface area contributed by atoms with Crippen molar-refractivity contribution in [1.82, 2.24) is 9.38 Å². The monoisotopic (exact) mass is 266 g/mol. The molecule has 0 aromatic carbocycles. The van der Waals surface area contributed by atoms with Gasteiger partial charge >= 0.3 is 0 Å². The highest BCUT2D eigenvalue weighted by Gasteiger charge is 2.27. The lowest BCUT2D eigenvalue weighted by Gasteiger charge is -2.20. The summed E-state index contributed by atoms with van der Waals surface area (Å²) in [7, 11) is -2.94. The molecule has 0 saturated carbocycles. The molecule has 18 heavy (non-hydrogen) atoms. The predicted molar refractivity (Wildman–Crippen MR) is 68.6 cm³/mol. The Balaban J connectivity index is 2.05. The van der Waals surface area contributed by atoms with E-state index in [1.165, 1.54) is 10.5 Å². The quantitative estimate of drug-likeness (QED) is 0.834. The van der Waals surface area contributed by atoms with Gasteiger partial charge in [-0.25, -0.2) is 8.42 Å². The SMILES string of the molecule is O=c1cccc2[nH]c(C3CCCS(=O)(=O)C3)cn12. The van der Waals surface area contributed by atoms with Crippen molar-refractivity contribution in [2.24, 2.45) is 0 Å². The summed E-state index contributed by atoms with van der Waals surface area (Å²) in [5.41, 5.74) is 1.44. The number of H-pyrrole nitrogens is 1. The lowest BCUT2D eigenvalue weighted by atomic mass is 10.0. The summed E-state index contributed by atoms with van der Waals surface area (Å²) in [5.74, 6) is 0.432. The summed E-state index contributed by atoms with van der Waals surface area (Å²) in [6.07, 6.45) is 3.27. The van der Waals surface area contributed by atoms with Crippen molar-refractivity contribution in [3.63, 3.8) is 0 Å². The zero-order valence-corrected chi connectivity index (χ0v) is 10.6. The predicted octanol–water partition coefficient (Wildman–Crippen LogP) is 0.920. The zero-order chi connectivity index (χ0) is 12.8. The molecule has 0 radical (unpaired) electrons. The van der Waals surface area contributed by atoms with Crippen LogP contribution in [0.3, 0.4) is 0 Å². The molecule has 2 aromatic rings. The van der Waals surface area contributed by atoms with Crippen LogP contribution in [0.1, 0.15) is 24.5 Å². The van der Waals surface area contributed by atoms with Crippen LogP contribution in [0.25, 0.3) is 5.65 Å². The summed E-state index contributed by atoms with van der Waals surface area (Å²) < 4.78 is 24.8. The number of nitrogens with zero attached hydrogens (tertiary/aromatic N) is 1. The molecule has 1 saturated heterocycles. The minimum absolute atomic E-state index is 0.0250. The fourth-order valence-electron chi connectivity index (χ4n) is 2.53. The number of pyridine rings is 1. The Labute approximate surface area is 104 Å². The standard InChI is InChI=1S/C12H14N2O3S/c15-12-5-1-4-11-13-10(7-14(11)12)9-3-2-6-18(16,17)8-9/h1,4-5,7,9,13H,2-3,6,8H2. The van der Waals surface area contributed by atoms with E-state index in [0.29, 0.717) is 12.1 Å². The minimum atomic E-state index is -2.94. The van der Waals surface area contributed by atoms with Crippen molar-refractivity contribution in [1.29, 1.82) is 0 Å². The lowest BCUT2D eigenvalue weighted by Crippen LogP contribution is -2.23. The van der Waals surface area contributed by atoms with E-state index < -0.39 is 9.84 Å². The number of aromatic amines is 1. The maximum absolute atomic E-state index is 11.6. The molecule has 3 heterocycles. The van der Waals surface area contributed by atoms with Crippen LogP contribution in [0.5, 0.6) is 0 Å². The molecule has 2 aromatic heterocycles. The van der Waals surface area contributed by atoms with Gasteiger partial charge in [-0.05, 0) is 18.9 Å². The number of fused-ring (bicyclic) bond motifs is 1. The number of sulfone groups is 1. The first-order valence-electron chi connectivity index (χ1n) is 5.96. The van der Waals surface area contributed by atoms with E-state index in [1.807, 2.05) is 6.07 Å². The van der Waals surface area contributed by atoms with Crippen molar-refractivity contribution in [2.45, 2.75) is 18.8 Å². The number of hydrogen-bond donors (Lipinski definition) is 1. The summed E-state index contributed by atoms with van der Waals surface area (Å²) in [5, 5.41) is 0. The van der Waals surface area contributed by atoms with Gasteiger partial charge in [-0.1, -0.05) is 6.07 Å². The van der Waals surface area contributed by atoms with Gasteiger partial charge in [0, 0.05) is 23.9 Å². The number of nitrogens with one attached hydrogen (secondary N) is 1. The number of hydrogen-bond acceptors (Lipinski definition) is 3. The topological polar surface area (TPSA) is 71.4 Å². The van der Waals surface area contributed by atoms with E-state index in [9.17, 15) is 13.2 Å². The number of imidazole rings is 1. The zero-order valence-electron chi connectivity index (χ0n) is 9.80. The Kier molecular flexibility index (Phi) is 2.55. The second-order valence-corrected chi connectivity index (χ2v) is 7.01. The van der Waals surface area contributed by atoms with Crippen LogP contribution >= 0.6 is 0 Å². The molecule has 1 aliphatic heterocycles. The largest absolute Gasteiger partial charge is 0.343 e. The van der Waals surface area contributed by atoms with Crippen LogP contribution in [-0.2, 0) is 9.84 Å². The molecule has 1 atom stereocenters. The third-order valence-corrected chi connectivity index (χ3v) is 5.25. The molecule has 6 heteroatoms. The highest BCUT2D eigenvalue weighted by molar-refractivity contribution is 7.91. The van der Waals surface area contributed by atoms with E-state index in [0.717, 1.165) is 12.1 Å². The van der Waals surface area contributed by atoms with Crippen molar-refractivity contribution >= 4 is 15.5 Å². The molecule has 0 amide bonds. The molecule has 1 N–H and O–H groups in total. The molecular formula is C12H14N2O3S. The lowest BCUT2D eigenvalue weighted by molar-refractivity contribution is 0.550. The highest BCUT2D eigenvalue weighted by Crippen LogP contribution is 2.27. The van der Waals surface area contributed by atoms with Gasteiger partial charge < -0.3 is 4.98 Å². The van der Waals surface area contributed by atoms with Crippen molar-refractivity contribution in [3.8, 4) is 0 Å². The normalized spacial score (nSPS) is 23.2. The van der Waals surface area contributed by atoms with Crippen molar-refractivity contribution in [2.75, 3.05) is 11.5 Å². The van der Waals surface area contributed by atoms with Crippen molar-refractivity contribution in [3.05, 3.63) is 40.4 Å². The van der Waals surface area contributed by atoms with Gasteiger partial charge in [0.15, 0.2) is 9.84 Å². The highest BCUT2D eigenvalue weighted by atomic mass is 32.2. The molecule has 3 rings (SSSR count). The first-order valence-corrected chi connectivity index (χ1v) is 7.78. The Morgan fingerprint density at radius 1 is 1.33 bits per heavy atom. The molecule has 0 bridgehead atoms. The maximum atomic E-state index is 11.6. The van der Waals surface area contributed by atoms with Crippen LogP contribution in [0.15, 0.2) is 29.2 Å². The molecule has 0 spiro atoms. The molecule has 5 nitrogen and oxygen atoms in total. The van der Waals surface area contributed by atoms with Crippen LogP contribution in [-0.4, -0.2) is 29.3 Å². The fraction of sp³-hybridized carbons (Fsp3) is 0.417. The molecular weight excluding hydrogens is 252 g/mol. The molecule has 1 aliphatic rings. The number of rotatable bonds is 1. The molecule has 96 valence electrons. The number of aromatic nitrogens is 2. The minimum Gasteiger partial charge on any atom is -0.343 e. The van der Waals surface area contributed by atoms with Crippen molar-refractivity contribution < 1.29 is 8.42 Å². The molecule has 0 aliphatic carbocycles. The summed E-state index contributed by atoms with van der Waals surface area (Å²) in [4.78, 5) is 14.8. The Morgan fingerprint density at radius 2 is 2.17 bits per heavy atom. The smallest absolute Gasteiger partial charge is 0.256 e. The van der Waals surface area contributed by atoms with Gasteiger partial charge in [0.1, 0.15) is 5.65 Å². The third-order valence-electron chi connectivity index (χ3n) is 3.43. The molecule has 1 unspecified atom stereocenters. The Bertz CT molecular complexity index is 742. The van der Waals surface area contributed by atoms with E-state index in [1.54, 1.807) is 12.3 Å². The van der Waals surface area contributed by atoms with Gasteiger partial charge in [-0.3, -0.25) is 9.20 Å². The van der Waals surface area contributed by atoms with Gasteiger partial charge in [0.05, 0.1) is 11.5 Å². The van der Waals surface area contributed by atoms with Gasteiger partial charge in [0.25, 0.3) is 5.56 Å². The Morgan fingerprint density at radius 3 is 2.89 bits per heavy atom. The van der Waals surface area contributed by atoms with Crippen LogP contribution < -0.4 is 5.56 Å². The van der Waals surface area contributed by atoms with Gasteiger partial charge in [0.2, 0.25) is 0 Å². The average Bonchev–Trinajstić information content (AvgIpc) is 2.73. The van der Waals surface area contributed by atoms with Gasteiger partial charge in [-0.15, -0.1) is 0 Å². The van der Waals surface area contributed by atoms with Crippen LogP contribution in [0, 0.1) is 0 Å². The first kappa shape index (κ1) is 11.5. The summed E-state index contributed by atoms with van der Waals surface area (Å²) in [6.45, 7) is 0. The summed E-state index contributed by atoms with van der Waals surface area (Å²) >= 11 is 0. The van der Waals surface area contributed by atoms with E-state index in [4.69, 9.17) is 0 Å². The third kappa shape index (κ3) is 1.96. The molecule has 1 fully saturated rings. The Hall–Kier alpha value is -1.56. The maximum Gasteiger partial charge on any atom is 0.256 e. The first-order chi connectivity index (χ1) is 8.55. The second-order valence-electron chi connectivity index (χ2n) is 4.78. The van der Waals surface area contributed by atoms with Crippen LogP contribution in [0.2, 0.25) is 0 Å². The fourth-order valence-corrected chi connectivity index (χ4v) is 4.26.